The first-order chi connectivity index (χ1) is 16.0. The molecule has 1 atom stereocenters. The van der Waals surface area contributed by atoms with Gasteiger partial charge in [0.05, 0.1) is 11.8 Å². The lowest BCUT2D eigenvalue weighted by molar-refractivity contribution is -0.121. The Hall–Kier alpha value is -2.55. The minimum atomic E-state index is -3.67. The van der Waals surface area contributed by atoms with Crippen molar-refractivity contribution in [2.24, 2.45) is 11.8 Å². The topological polar surface area (TPSA) is 96.4 Å². The molecule has 1 fully saturated rings. The van der Waals surface area contributed by atoms with Gasteiger partial charge < -0.3 is 5.32 Å². The van der Waals surface area contributed by atoms with Crippen molar-refractivity contribution in [3.05, 3.63) is 71.1 Å². The summed E-state index contributed by atoms with van der Waals surface area (Å²) in [6.07, 6.45) is 6.49. The fraction of sp³-hybridized carbons (Fsp3) is 0.360. The molecule has 182 valence electrons. The average molecular weight is 507 g/mol. The van der Waals surface area contributed by atoms with Crippen LogP contribution in [0.15, 0.2) is 54.7 Å². The highest BCUT2D eigenvalue weighted by atomic mass is 35.5. The summed E-state index contributed by atoms with van der Waals surface area (Å²) in [5.41, 5.74) is 2.78. The summed E-state index contributed by atoms with van der Waals surface area (Å²) in [5.74, 6) is 0.492. The molecule has 0 bridgehead atoms. The Morgan fingerprint density at radius 3 is 2.35 bits per heavy atom. The Morgan fingerprint density at radius 2 is 1.74 bits per heavy atom. The van der Waals surface area contributed by atoms with E-state index < -0.39 is 10.1 Å². The summed E-state index contributed by atoms with van der Waals surface area (Å²) in [4.78, 5) is 17.0. The Morgan fingerprint density at radius 1 is 1.12 bits per heavy atom. The van der Waals surface area contributed by atoms with E-state index in [9.17, 15) is 17.6 Å². The highest BCUT2D eigenvalue weighted by molar-refractivity contribution is 7.85. The van der Waals surface area contributed by atoms with Crippen molar-refractivity contribution in [2.75, 3.05) is 11.6 Å². The molecule has 0 radical (unpaired) electrons. The quantitative estimate of drug-likeness (QED) is 0.418. The number of hydrogen-bond donors (Lipinski definition) is 2. The molecule has 2 aromatic carbocycles. The van der Waals surface area contributed by atoms with Crippen molar-refractivity contribution in [2.45, 2.75) is 38.5 Å². The average Bonchev–Trinajstić information content (AvgIpc) is 2.78. The maximum Gasteiger partial charge on any atom is 0.261 e. The Labute approximate surface area is 204 Å². The van der Waals surface area contributed by atoms with Crippen molar-refractivity contribution in [1.82, 2.24) is 4.98 Å². The molecule has 1 aliphatic rings. The fourth-order valence-corrected chi connectivity index (χ4v) is 4.56. The maximum atomic E-state index is 13.8. The number of pyridine rings is 1. The van der Waals surface area contributed by atoms with Crippen LogP contribution in [-0.4, -0.2) is 30.1 Å². The summed E-state index contributed by atoms with van der Waals surface area (Å²) < 4.78 is 39.6. The number of carbonyl (C=O) groups is 1. The highest BCUT2D eigenvalue weighted by Crippen LogP contribution is 2.41. The first-order valence-corrected chi connectivity index (χ1v) is 13.3. The second kappa shape index (κ2) is 11.3. The van der Waals surface area contributed by atoms with Gasteiger partial charge in [0.15, 0.2) is 0 Å². The lowest BCUT2D eigenvalue weighted by atomic mass is 9.73. The Kier molecular flexibility index (Phi) is 8.62. The zero-order chi connectivity index (χ0) is 24.9. The first-order valence-electron chi connectivity index (χ1n) is 11.0. The van der Waals surface area contributed by atoms with E-state index in [1.807, 2.05) is 31.3 Å². The van der Waals surface area contributed by atoms with E-state index in [1.54, 1.807) is 24.3 Å². The number of aromatic nitrogens is 1. The Balaban J connectivity index is 0.000000588. The number of fused-ring (bicyclic) bond motifs is 1. The SMILES string of the molecule is CS(=O)(=O)O.C[C@@H](C(=O)Nc1ccc(Cl)cc1)[C@H]1CC[C@@H](c2ccnc3ccc(F)cc32)CC1. The van der Waals surface area contributed by atoms with E-state index >= 15 is 0 Å². The van der Waals surface area contributed by atoms with Gasteiger partial charge in [0.25, 0.3) is 10.1 Å². The molecule has 1 heterocycles. The molecule has 1 saturated carbocycles. The third kappa shape index (κ3) is 7.48. The molecular weight excluding hydrogens is 479 g/mol. The summed E-state index contributed by atoms with van der Waals surface area (Å²) >= 11 is 5.90. The molecule has 4 rings (SSSR count). The third-order valence-corrected chi connectivity index (χ3v) is 6.43. The zero-order valence-electron chi connectivity index (χ0n) is 19.0. The third-order valence-electron chi connectivity index (χ3n) is 6.18. The minimum absolute atomic E-state index is 0.0483. The normalized spacial score (nSPS) is 19.1. The lowest BCUT2D eigenvalue weighted by Gasteiger charge is -2.32. The summed E-state index contributed by atoms with van der Waals surface area (Å²) in [5, 5.41) is 4.55. The molecule has 1 amide bonds. The lowest BCUT2D eigenvalue weighted by Crippen LogP contribution is -2.29. The van der Waals surface area contributed by atoms with E-state index in [4.69, 9.17) is 16.2 Å². The highest BCUT2D eigenvalue weighted by Gasteiger charge is 2.30. The zero-order valence-corrected chi connectivity index (χ0v) is 20.6. The number of carbonyl (C=O) groups excluding carboxylic acids is 1. The molecule has 6 nitrogen and oxygen atoms in total. The van der Waals surface area contributed by atoms with E-state index in [0.29, 0.717) is 23.1 Å². The van der Waals surface area contributed by atoms with Crippen LogP contribution in [0.5, 0.6) is 0 Å². The molecule has 0 unspecified atom stereocenters. The van der Waals surface area contributed by atoms with Gasteiger partial charge in [0, 0.05) is 28.2 Å². The van der Waals surface area contributed by atoms with Gasteiger partial charge in [-0.25, -0.2) is 4.39 Å². The van der Waals surface area contributed by atoms with Gasteiger partial charge in [-0.05, 0) is 91.6 Å². The number of amides is 1. The summed E-state index contributed by atoms with van der Waals surface area (Å²) in [6, 6.07) is 14.0. The standard InChI is InChI=1S/C24H24ClFN2O.CH4O3S/c1-15(24(29)28-20-9-6-18(25)7-10-20)16-2-4-17(5-3-16)21-12-13-27-23-11-8-19(26)14-22(21)23;1-5(2,3)4/h6-17H,2-5H2,1H3,(H,28,29);1H3,(H,2,3,4)/t15-,16-,17+;/m1./s1. The second-order valence-electron chi connectivity index (χ2n) is 8.69. The van der Waals surface area contributed by atoms with Crippen LogP contribution in [0.1, 0.15) is 44.1 Å². The molecular formula is C25H28ClFN2O4S. The van der Waals surface area contributed by atoms with Crippen LogP contribution in [0.2, 0.25) is 5.02 Å². The number of anilines is 1. The maximum absolute atomic E-state index is 13.8. The van der Waals surface area contributed by atoms with E-state index in [-0.39, 0.29) is 17.6 Å². The molecule has 9 heteroatoms. The first kappa shape index (κ1) is 26.1. The predicted molar refractivity (Wildman–Crippen MR) is 133 cm³/mol. The van der Waals surface area contributed by atoms with Crippen LogP contribution >= 0.6 is 11.6 Å². The summed E-state index contributed by atoms with van der Waals surface area (Å²) in [6.45, 7) is 2.01. The number of hydrogen-bond acceptors (Lipinski definition) is 4. The number of nitrogens with one attached hydrogen (secondary N) is 1. The molecule has 1 aromatic heterocycles. The van der Waals surface area contributed by atoms with Crippen molar-refractivity contribution in [3.8, 4) is 0 Å². The van der Waals surface area contributed by atoms with Crippen LogP contribution in [0.3, 0.4) is 0 Å². The Bertz CT molecular complexity index is 1240. The molecule has 3 aromatic rings. The molecule has 34 heavy (non-hydrogen) atoms. The van der Waals surface area contributed by atoms with Crippen LogP contribution in [-0.2, 0) is 14.9 Å². The van der Waals surface area contributed by atoms with E-state index in [0.717, 1.165) is 42.3 Å². The molecule has 0 saturated heterocycles. The van der Waals surface area contributed by atoms with Gasteiger partial charge in [-0.15, -0.1) is 0 Å². The van der Waals surface area contributed by atoms with Crippen molar-refractivity contribution < 1.29 is 22.2 Å². The fourth-order valence-electron chi connectivity index (χ4n) is 4.43. The van der Waals surface area contributed by atoms with Crippen LogP contribution in [0.4, 0.5) is 10.1 Å². The number of benzene rings is 2. The van der Waals surface area contributed by atoms with Gasteiger partial charge in [-0.1, -0.05) is 18.5 Å². The molecule has 2 N–H and O–H groups in total. The predicted octanol–water partition coefficient (Wildman–Crippen LogP) is 6.08. The van der Waals surface area contributed by atoms with Crippen LogP contribution < -0.4 is 5.32 Å². The smallest absolute Gasteiger partial charge is 0.261 e. The monoisotopic (exact) mass is 506 g/mol. The van der Waals surface area contributed by atoms with Gasteiger partial charge in [0.1, 0.15) is 5.82 Å². The second-order valence-corrected chi connectivity index (χ2v) is 10.6. The molecule has 0 spiro atoms. The number of rotatable bonds is 4. The minimum Gasteiger partial charge on any atom is -0.326 e. The largest absolute Gasteiger partial charge is 0.326 e. The number of halogens is 2. The van der Waals surface area contributed by atoms with Gasteiger partial charge in [-0.3, -0.25) is 14.3 Å². The van der Waals surface area contributed by atoms with Crippen LogP contribution in [0, 0.1) is 17.7 Å². The van der Waals surface area contributed by atoms with E-state index in [1.165, 1.54) is 11.6 Å². The van der Waals surface area contributed by atoms with Gasteiger partial charge in [-0.2, -0.15) is 8.42 Å². The van der Waals surface area contributed by atoms with Crippen LogP contribution in [0.25, 0.3) is 10.9 Å². The van der Waals surface area contributed by atoms with Crippen molar-refractivity contribution in [1.29, 1.82) is 0 Å². The summed E-state index contributed by atoms with van der Waals surface area (Å²) in [7, 11) is -3.67. The van der Waals surface area contributed by atoms with Gasteiger partial charge in [0.2, 0.25) is 5.91 Å². The van der Waals surface area contributed by atoms with E-state index in [2.05, 4.69) is 10.3 Å². The molecule has 0 aliphatic heterocycles. The van der Waals surface area contributed by atoms with Crippen molar-refractivity contribution >= 4 is 44.2 Å². The molecule has 1 aliphatic carbocycles. The van der Waals surface area contributed by atoms with Crippen molar-refractivity contribution in [3.63, 3.8) is 0 Å². The van der Waals surface area contributed by atoms with Gasteiger partial charge >= 0.3 is 0 Å². The number of nitrogens with zero attached hydrogens (tertiary/aromatic N) is 1.